The van der Waals surface area contributed by atoms with Crippen LogP contribution >= 0.6 is 15.9 Å². The number of halogens is 1. The maximum Gasteiger partial charge on any atom is 0.321 e. The molecule has 1 aliphatic rings. The highest BCUT2D eigenvalue weighted by molar-refractivity contribution is 9.10. The molecule has 0 unspecified atom stereocenters. The maximum atomic E-state index is 12.1. The minimum atomic E-state index is -0.113. The van der Waals surface area contributed by atoms with Crippen LogP contribution in [0.5, 0.6) is 5.75 Å². The summed E-state index contributed by atoms with van der Waals surface area (Å²) in [5.74, 6) is 0.688. The highest BCUT2D eigenvalue weighted by atomic mass is 79.9. The van der Waals surface area contributed by atoms with Gasteiger partial charge in [-0.3, -0.25) is 9.69 Å². The van der Waals surface area contributed by atoms with E-state index in [1.54, 1.807) is 11.0 Å². The fraction of sp³-hybridized carbons (Fsp3) is 0.263. The summed E-state index contributed by atoms with van der Waals surface area (Å²) in [5.41, 5.74) is 1.45. The Labute approximate surface area is 160 Å². The molecule has 2 aromatic carbocycles. The average Bonchev–Trinajstić information content (AvgIpc) is 3.06. The number of ether oxygens (including phenoxy) is 1. The van der Waals surface area contributed by atoms with Gasteiger partial charge in [-0.25, -0.2) is 4.79 Å². The predicted octanol–water partition coefficient (Wildman–Crippen LogP) is 3.78. The normalized spacial score (nSPS) is 13.4. The van der Waals surface area contributed by atoms with Crippen LogP contribution < -0.4 is 20.3 Å². The molecule has 6 nitrogen and oxygen atoms in total. The molecule has 7 heteroatoms. The van der Waals surface area contributed by atoms with Crippen molar-refractivity contribution in [3.8, 4) is 5.75 Å². The zero-order chi connectivity index (χ0) is 18.4. The van der Waals surface area contributed by atoms with Gasteiger partial charge in [0, 0.05) is 30.9 Å². The van der Waals surface area contributed by atoms with Crippen LogP contribution in [-0.4, -0.2) is 31.6 Å². The summed E-state index contributed by atoms with van der Waals surface area (Å²) >= 11 is 3.42. The number of nitrogens with zero attached hydrogens (tertiary/aromatic N) is 1. The topological polar surface area (TPSA) is 70.7 Å². The number of anilines is 2. The van der Waals surface area contributed by atoms with E-state index in [9.17, 15) is 9.59 Å². The number of carbonyl (C=O) groups is 2. The van der Waals surface area contributed by atoms with Crippen molar-refractivity contribution >= 4 is 39.2 Å². The van der Waals surface area contributed by atoms with Crippen molar-refractivity contribution in [2.24, 2.45) is 0 Å². The maximum absolute atomic E-state index is 12.1. The minimum Gasteiger partial charge on any atom is -0.492 e. The summed E-state index contributed by atoms with van der Waals surface area (Å²) in [6.07, 6.45) is 0.972. The van der Waals surface area contributed by atoms with E-state index in [0.717, 1.165) is 15.9 Å². The van der Waals surface area contributed by atoms with Gasteiger partial charge in [-0.1, -0.05) is 18.2 Å². The van der Waals surface area contributed by atoms with Crippen molar-refractivity contribution in [2.45, 2.75) is 12.8 Å². The van der Waals surface area contributed by atoms with Gasteiger partial charge in [0.15, 0.2) is 0 Å². The first kappa shape index (κ1) is 18.3. The van der Waals surface area contributed by atoms with E-state index in [2.05, 4.69) is 26.6 Å². The number of rotatable bonds is 7. The molecule has 1 saturated heterocycles. The third kappa shape index (κ3) is 4.76. The number of hydrogen-bond acceptors (Lipinski definition) is 3. The van der Waals surface area contributed by atoms with E-state index in [-0.39, 0.29) is 11.9 Å². The Morgan fingerprint density at radius 1 is 1.23 bits per heavy atom. The lowest BCUT2D eigenvalue weighted by molar-refractivity contribution is -0.116. The summed E-state index contributed by atoms with van der Waals surface area (Å²) in [7, 11) is 0. The van der Waals surface area contributed by atoms with Gasteiger partial charge in [-0.15, -0.1) is 0 Å². The van der Waals surface area contributed by atoms with Crippen LogP contribution in [0.15, 0.2) is 53.0 Å². The summed E-state index contributed by atoms with van der Waals surface area (Å²) in [6, 6.07) is 14.8. The third-order valence-corrected chi connectivity index (χ3v) is 4.60. The van der Waals surface area contributed by atoms with Crippen LogP contribution in [0.25, 0.3) is 0 Å². The van der Waals surface area contributed by atoms with Crippen LogP contribution in [0.3, 0.4) is 0 Å². The molecule has 0 atom stereocenters. The van der Waals surface area contributed by atoms with E-state index in [4.69, 9.17) is 4.74 Å². The molecule has 3 rings (SSSR count). The average molecular weight is 418 g/mol. The summed E-state index contributed by atoms with van der Waals surface area (Å²) in [4.78, 5) is 25.5. The van der Waals surface area contributed by atoms with Gasteiger partial charge < -0.3 is 15.4 Å². The molecule has 0 saturated carbocycles. The molecule has 0 bridgehead atoms. The minimum absolute atomic E-state index is 0.0799. The first-order valence-electron chi connectivity index (χ1n) is 8.46. The Bertz CT molecular complexity index is 797. The molecule has 1 fully saturated rings. The Hall–Kier alpha value is -2.54. The first-order chi connectivity index (χ1) is 12.6. The van der Waals surface area contributed by atoms with E-state index in [0.29, 0.717) is 38.2 Å². The van der Waals surface area contributed by atoms with E-state index < -0.39 is 0 Å². The van der Waals surface area contributed by atoms with Crippen LogP contribution in [0.2, 0.25) is 0 Å². The van der Waals surface area contributed by atoms with Gasteiger partial charge in [0.2, 0.25) is 5.91 Å². The molecule has 2 N–H and O–H groups in total. The van der Waals surface area contributed by atoms with Crippen molar-refractivity contribution < 1.29 is 14.3 Å². The molecule has 2 aromatic rings. The quantitative estimate of drug-likeness (QED) is 0.673. The molecular formula is C19H20BrN3O3. The van der Waals surface area contributed by atoms with Crippen LogP contribution in [0.1, 0.15) is 12.8 Å². The first-order valence-corrected chi connectivity index (χ1v) is 9.25. The lowest BCUT2D eigenvalue weighted by Crippen LogP contribution is -2.27. The van der Waals surface area contributed by atoms with Crippen molar-refractivity contribution in [3.63, 3.8) is 0 Å². The van der Waals surface area contributed by atoms with Crippen LogP contribution in [0.4, 0.5) is 16.2 Å². The Kier molecular flexibility index (Phi) is 6.12. The molecule has 3 amide bonds. The molecule has 1 heterocycles. The van der Waals surface area contributed by atoms with Crippen molar-refractivity contribution in [2.75, 3.05) is 29.9 Å². The fourth-order valence-corrected chi connectivity index (χ4v) is 3.07. The monoisotopic (exact) mass is 417 g/mol. The second-order valence-electron chi connectivity index (χ2n) is 5.86. The number of amides is 3. The van der Waals surface area contributed by atoms with E-state index in [1.165, 1.54) is 0 Å². The lowest BCUT2D eigenvalue weighted by atomic mass is 10.2. The highest BCUT2D eigenvalue weighted by Crippen LogP contribution is 2.24. The zero-order valence-electron chi connectivity index (χ0n) is 14.2. The van der Waals surface area contributed by atoms with Gasteiger partial charge in [0.25, 0.3) is 0 Å². The van der Waals surface area contributed by atoms with Crippen molar-refractivity contribution in [1.82, 2.24) is 5.32 Å². The summed E-state index contributed by atoms with van der Waals surface area (Å²) in [6.45, 7) is 1.72. The summed E-state index contributed by atoms with van der Waals surface area (Å²) < 4.78 is 6.55. The number of urea groups is 1. The van der Waals surface area contributed by atoms with Gasteiger partial charge in [-0.2, -0.15) is 0 Å². The van der Waals surface area contributed by atoms with Crippen molar-refractivity contribution in [1.29, 1.82) is 0 Å². The van der Waals surface area contributed by atoms with E-state index in [1.807, 2.05) is 42.5 Å². The molecule has 0 radical (unpaired) electrons. The van der Waals surface area contributed by atoms with E-state index >= 15 is 0 Å². The predicted molar refractivity (Wildman–Crippen MR) is 105 cm³/mol. The SMILES string of the molecule is O=C(CCCOc1ccccc1Br)Nc1cccc(N2CCNC2=O)c1. The Balaban J connectivity index is 1.46. The fourth-order valence-electron chi connectivity index (χ4n) is 2.67. The van der Waals surface area contributed by atoms with Gasteiger partial charge in [-0.05, 0) is 52.7 Å². The smallest absolute Gasteiger partial charge is 0.321 e. The van der Waals surface area contributed by atoms with Crippen molar-refractivity contribution in [3.05, 3.63) is 53.0 Å². The van der Waals surface area contributed by atoms with Gasteiger partial charge >= 0.3 is 6.03 Å². The molecule has 136 valence electrons. The second kappa shape index (κ2) is 8.71. The highest BCUT2D eigenvalue weighted by Gasteiger charge is 2.21. The molecule has 0 aliphatic carbocycles. The standard InChI is InChI=1S/C19H20BrN3O3/c20-16-7-1-2-8-17(16)26-12-4-9-18(24)22-14-5-3-6-15(13-14)23-11-10-21-19(23)25/h1-3,5-8,13H,4,9-12H2,(H,21,25)(H,22,24). The molecular weight excluding hydrogens is 398 g/mol. The zero-order valence-corrected chi connectivity index (χ0v) is 15.8. The third-order valence-electron chi connectivity index (χ3n) is 3.94. The van der Waals surface area contributed by atoms with Gasteiger partial charge in [0.1, 0.15) is 5.75 Å². The Morgan fingerprint density at radius 2 is 2.08 bits per heavy atom. The number of hydrogen-bond donors (Lipinski definition) is 2. The van der Waals surface area contributed by atoms with Crippen LogP contribution in [-0.2, 0) is 4.79 Å². The number of carbonyl (C=O) groups excluding carboxylic acids is 2. The molecule has 0 aromatic heterocycles. The van der Waals surface area contributed by atoms with Gasteiger partial charge in [0.05, 0.1) is 11.1 Å². The molecule has 1 aliphatic heterocycles. The number of benzene rings is 2. The number of para-hydroxylation sites is 1. The largest absolute Gasteiger partial charge is 0.492 e. The number of nitrogens with one attached hydrogen (secondary N) is 2. The molecule has 26 heavy (non-hydrogen) atoms. The Morgan fingerprint density at radius 3 is 2.85 bits per heavy atom. The van der Waals surface area contributed by atoms with Crippen LogP contribution in [0, 0.1) is 0 Å². The second-order valence-corrected chi connectivity index (χ2v) is 6.72. The molecule has 0 spiro atoms. The summed E-state index contributed by atoms with van der Waals surface area (Å²) in [5, 5.41) is 5.63. The lowest BCUT2D eigenvalue weighted by Gasteiger charge is -2.15.